The SMILES string of the molecule is CCNCCCCOc1ccc(OC)cc1Br. The van der Waals surface area contributed by atoms with Gasteiger partial charge >= 0.3 is 0 Å². The Labute approximate surface area is 112 Å². The summed E-state index contributed by atoms with van der Waals surface area (Å²) in [5.74, 6) is 1.70. The van der Waals surface area contributed by atoms with Gasteiger partial charge in [-0.05, 0) is 60.1 Å². The van der Waals surface area contributed by atoms with E-state index in [1.54, 1.807) is 7.11 Å². The van der Waals surface area contributed by atoms with E-state index in [9.17, 15) is 0 Å². The van der Waals surface area contributed by atoms with Crippen LogP contribution in [0, 0.1) is 0 Å². The van der Waals surface area contributed by atoms with Crippen LogP contribution < -0.4 is 14.8 Å². The normalized spacial score (nSPS) is 10.3. The first kappa shape index (κ1) is 14.3. The highest BCUT2D eigenvalue weighted by Gasteiger charge is 2.02. The molecule has 0 unspecified atom stereocenters. The highest BCUT2D eigenvalue weighted by molar-refractivity contribution is 9.10. The quantitative estimate of drug-likeness (QED) is 0.748. The minimum absolute atomic E-state index is 0.746. The van der Waals surface area contributed by atoms with Crippen molar-refractivity contribution in [3.05, 3.63) is 22.7 Å². The van der Waals surface area contributed by atoms with E-state index in [-0.39, 0.29) is 0 Å². The molecule has 0 fully saturated rings. The molecule has 0 radical (unpaired) electrons. The number of nitrogens with one attached hydrogen (secondary N) is 1. The highest BCUT2D eigenvalue weighted by atomic mass is 79.9. The summed E-state index contributed by atoms with van der Waals surface area (Å²) in [5, 5.41) is 3.29. The van der Waals surface area contributed by atoms with Crippen LogP contribution in [0.3, 0.4) is 0 Å². The molecule has 3 nitrogen and oxygen atoms in total. The van der Waals surface area contributed by atoms with Gasteiger partial charge in [-0.2, -0.15) is 0 Å². The summed E-state index contributed by atoms with van der Waals surface area (Å²) in [5.41, 5.74) is 0. The topological polar surface area (TPSA) is 30.5 Å². The van der Waals surface area contributed by atoms with E-state index in [0.29, 0.717) is 0 Å². The lowest BCUT2D eigenvalue weighted by Crippen LogP contribution is -2.14. The summed E-state index contributed by atoms with van der Waals surface area (Å²) in [6.45, 7) is 4.95. The average Bonchev–Trinajstić information content (AvgIpc) is 2.35. The van der Waals surface area contributed by atoms with E-state index in [1.807, 2.05) is 18.2 Å². The van der Waals surface area contributed by atoms with Crippen LogP contribution in [0.25, 0.3) is 0 Å². The largest absolute Gasteiger partial charge is 0.497 e. The van der Waals surface area contributed by atoms with Crippen molar-refractivity contribution in [2.75, 3.05) is 26.8 Å². The van der Waals surface area contributed by atoms with Crippen molar-refractivity contribution in [1.82, 2.24) is 5.32 Å². The summed E-state index contributed by atoms with van der Waals surface area (Å²) >= 11 is 3.46. The van der Waals surface area contributed by atoms with Crippen LogP contribution in [0.15, 0.2) is 22.7 Å². The van der Waals surface area contributed by atoms with Crippen LogP contribution in [0.5, 0.6) is 11.5 Å². The van der Waals surface area contributed by atoms with Gasteiger partial charge < -0.3 is 14.8 Å². The van der Waals surface area contributed by atoms with Crippen LogP contribution in [-0.2, 0) is 0 Å². The van der Waals surface area contributed by atoms with Crippen LogP contribution in [0.4, 0.5) is 0 Å². The highest BCUT2D eigenvalue weighted by Crippen LogP contribution is 2.29. The molecule has 0 bridgehead atoms. The third-order valence-electron chi connectivity index (χ3n) is 2.39. The average molecular weight is 302 g/mol. The molecule has 0 heterocycles. The Bertz CT molecular complexity index is 331. The van der Waals surface area contributed by atoms with Gasteiger partial charge in [-0.25, -0.2) is 0 Å². The molecular formula is C13H20BrNO2. The second-order valence-electron chi connectivity index (χ2n) is 3.71. The molecular weight excluding hydrogens is 282 g/mol. The number of rotatable bonds is 8. The molecule has 0 aliphatic rings. The van der Waals surface area contributed by atoms with Crippen molar-refractivity contribution in [1.29, 1.82) is 0 Å². The third-order valence-corrected chi connectivity index (χ3v) is 3.01. The fraction of sp³-hybridized carbons (Fsp3) is 0.538. The van der Waals surface area contributed by atoms with Gasteiger partial charge in [-0.15, -0.1) is 0 Å². The molecule has 1 aromatic carbocycles. The van der Waals surface area contributed by atoms with E-state index in [4.69, 9.17) is 9.47 Å². The predicted molar refractivity (Wildman–Crippen MR) is 74.0 cm³/mol. The second kappa shape index (κ2) is 8.37. The van der Waals surface area contributed by atoms with Crippen molar-refractivity contribution in [2.24, 2.45) is 0 Å². The van der Waals surface area contributed by atoms with Gasteiger partial charge in [-0.3, -0.25) is 0 Å². The molecule has 96 valence electrons. The summed E-state index contributed by atoms with van der Waals surface area (Å²) < 4.78 is 11.7. The van der Waals surface area contributed by atoms with Crippen molar-refractivity contribution < 1.29 is 9.47 Å². The Morgan fingerprint density at radius 2 is 2.12 bits per heavy atom. The van der Waals surface area contributed by atoms with Gasteiger partial charge in [0.1, 0.15) is 11.5 Å². The zero-order chi connectivity index (χ0) is 12.5. The number of hydrogen-bond donors (Lipinski definition) is 1. The van der Waals surface area contributed by atoms with E-state index in [1.165, 1.54) is 0 Å². The van der Waals surface area contributed by atoms with Crippen molar-refractivity contribution in [3.8, 4) is 11.5 Å². The van der Waals surface area contributed by atoms with Crippen molar-refractivity contribution >= 4 is 15.9 Å². The first-order valence-electron chi connectivity index (χ1n) is 5.95. The lowest BCUT2D eigenvalue weighted by Gasteiger charge is -2.09. The molecule has 0 saturated carbocycles. The molecule has 0 atom stereocenters. The lowest BCUT2D eigenvalue weighted by atomic mass is 10.3. The number of methoxy groups -OCH3 is 1. The first-order valence-corrected chi connectivity index (χ1v) is 6.74. The fourth-order valence-electron chi connectivity index (χ4n) is 1.44. The maximum absolute atomic E-state index is 5.69. The molecule has 0 aromatic heterocycles. The molecule has 0 aliphatic heterocycles. The Kier molecular flexibility index (Phi) is 7.05. The monoisotopic (exact) mass is 301 g/mol. The molecule has 1 rings (SSSR count). The van der Waals surface area contributed by atoms with Crippen LogP contribution in [0.2, 0.25) is 0 Å². The van der Waals surface area contributed by atoms with Crippen LogP contribution in [0.1, 0.15) is 19.8 Å². The molecule has 0 saturated heterocycles. The Balaban J connectivity index is 2.27. The van der Waals surface area contributed by atoms with E-state index in [2.05, 4.69) is 28.2 Å². The minimum atomic E-state index is 0.746. The van der Waals surface area contributed by atoms with E-state index < -0.39 is 0 Å². The van der Waals surface area contributed by atoms with Gasteiger partial charge in [-0.1, -0.05) is 6.92 Å². The fourth-order valence-corrected chi connectivity index (χ4v) is 1.91. The van der Waals surface area contributed by atoms with Crippen LogP contribution in [-0.4, -0.2) is 26.8 Å². The molecule has 0 amide bonds. The van der Waals surface area contributed by atoms with Gasteiger partial charge in [0.05, 0.1) is 18.2 Å². The van der Waals surface area contributed by atoms with Crippen molar-refractivity contribution in [3.63, 3.8) is 0 Å². The number of benzene rings is 1. The predicted octanol–water partition coefficient (Wildman–Crippen LogP) is 3.23. The molecule has 1 N–H and O–H groups in total. The summed E-state index contributed by atoms with van der Waals surface area (Å²) in [6.07, 6.45) is 2.20. The summed E-state index contributed by atoms with van der Waals surface area (Å²) in [7, 11) is 1.66. The Hall–Kier alpha value is -0.740. The third kappa shape index (κ3) is 5.41. The van der Waals surface area contributed by atoms with Gasteiger partial charge in [0.15, 0.2) is 0 Å². The zero-order valence-electron chi connectivity index (χ0n) is 10.5. The van der Waals surface area contributed by atoms with Gasteiger partial charge in [0.2, 0.25) is 0 Å². The van der Waals surface area contributed by atoms with Gasteiger partial charge in [0, 0.05) is 0 Å². The van der Waals surface area contributed by atoms with Crippen molar-refractivity contribution in [2.45, 2.75) is 19.8 Å². The lowest BCUT2D eigenvalue weighted by molar-refractivity contribution is 0.303. The molecule has 0 spiro atoms. The maximum atomic E-state index is 5.69. The standard InChI is InChI=1S/C13H20BrNO2/c1-3-15-8-4-5-9-17-13-7-6-11(16-2)10-12(13)14/h6-7,10,15H,3-5,8-9H2,1-2H3. The molecule has 0 aliphatic carbocycles. The van der Waals surface area contributed by atoms with Gasteiger partial charge in [0.25, 0.3) is 0 Å². The summed E-state index contributed by atoms with van der Waals surface area (Å²) in [4.78, 5) is 0. The Morgan fingerprint density at radius 3 is 2.76 bits per heavy atom. The smallest absolute Gasteiger partial charge is 0.133 e. The van der Waals surface area contributed by atoms with E-state index in [0.717, 1.165) is 48.5 Å². The molecule has 17 heavy (non-hydrogen) atoms. The number of hydrogen-bond acceptors (Lipinski definition) is 3. The number of unbranched alkanes of at least 4 members (excludes halogenated alkanes) is 1. The first-order chi connectivity index (χ1) is 8.27. The van der Waals surface area contributed by atoms with E-state index >= 15 is 0 Å². The number of halogens is 1. The molecule has 4 heteroatoms. The second-order valence-corrected chi connectivity index (χ2v) is 4.56. The zero-order valence-corrected chi connectivity index (χ0v) is 12.0. The summed E-state index contributed by atoms with van der Waals surface area (Å²) in [6, 6.07) is 5.74. The Morgan fingerprint density at radius 1 is 1.29 bits per heavy atom. The van der Waals surface area contributed by atoms with Crippen LogP contribution >= 0.6 is 15.9 Å². The maximum Gasteiger partial charge on any atom is 0.133 e. The minimum Gasteiger partial charge on any atom is -0.497 e. The molecule has 1 aromatic rings. The number of ether oxygens (including phenoxy) is 2.